The molecule has 4 aliphatic rings. The first-order valence-electron chi connectivity index (χ1n) is 12.4. The number of sulfone groups is 1. The second-order valence-electron chi connectivity index (χ2n) is 10.5. The van der Waals surface area contributed by atoms with Crippen LogP contribution >= 0.6 is 0 Å². The Bertz CT molecular complexity index is 882. The molecule has 0 bridgehead atoms. The van der Waals surface area contributed by atoms with Crippen molar-refractivity contribution in [3.63, 3.8) is 0 Å². The van der Waals surface area contributed by atoms with Crippen LogP contribution in [0.4, 0.5) is 13.2 Å². The van der Waals surface area contributed by atoms with Crippen LogP contribution in [0.1, 0.15) is 71.6 Å². The maximum atomic E-state index is 13.3. The Morgan fingerprint density at radius 2 is 1.59 bits per heavy atom. The van der Waals surface area contributed by atoms with Gasteiger partial charge in [0.1, 0.15) is 6.10 Å². The minimum Gasteiger partial charge on any atom is -0.368 e. The summed E-state index contributed by atoms with van der Waals surface area (Å²) >= 11 is 0. The molecule has 194 valence electrons. The van der Waals surface area contributed by atoms with Gasteiger partial charge in [0.05, 0.1) is 17.3 Å². The summed E-state index contributed by atoms with van der Waals surface area (Å²) in [6, 6.07) is -0.319. The molecule has 0 aromatic heterocycles. The molecule has 2 saturated heterocycles. The molecular weight excluding hydrogens is 473 g/mol. The summed E-state index contributed by atoms with van der Waals surface area (Å²) in [5.74, 6) is 0.287. The van der Waals surface area contributed by atoms with Crippen molar-refractivity contribution in [2.75, 3.05) is 13.2 Å². The minimum absolute atomic E-state index is 0.0111. The van der Waals surface area contributed by atoms with E-state index in [1.807, 2.05) is 16.7 Å². The van der Waals surface area contributed by atoms with Gasteiger partial charge in [0.15, 0.2) is 0 Å². The standard InChI is InChI=1S/C23H35F3N2O5S/c1-14-13-27(22(30)21-4-3-11-33-21)20-12-17(7-10-19(20)28(14)15(2)29)16-5-8-18(9-6-16)34(31,32)23(24,25)26/h14,16-21H,3-13H2,1-2H3/t14-,16?,17?,18?,19?,20?,21?/m0/s1. The molecule has 7 nitrogen and oxygen atoms in total. The first kappa shape index (κ1) is 25.7. The Balaban J connectivity index is 1.47. The first-order chi connectivity index (χ1) is 15.9. The molecule has 11 heteroatoms. The minimum atomic E-state index is -5.21. The van der Waals surface area contributed by atoms with Gasteiger partial charge < -0.3 is 14.5 Å². The van der Waals surface area contributed by atoms with Gasteiger partial charge >= 0.3 is 5.51 Å². The third kappa shape index (κ3) is 4.70. The second-order valence-corrected chi connectivity index (χ2v) is 12.7. The molecule has 2 aliphatic heterocycles. The summed E-state index contributed by atoms with van der Waals surface area (Å²) in [5.41, 5.74) is -5.21. The Labute approximate surface area is 199 Å². The number of fused-ring (bicyclic) bond motifs is 1. The van der Waals surface area contributed by atoms with Gasteiger partial charge in [-0.05, 0) is 76.5 Å². The van der Waals surface area contributed by atoms with Crippen molar-refractivity contribution in [3.05, 3.63) is 0 Å². The molecule has 2 aliphatic carbocycles. The van der Waals surface area contributed by atoms with Gasteiger partial charge in [0.25, 0.3) is 15.7 Å². The largest absolute Gasteiger partial charge is 0.497 e. The highest BCUT2D eigenvalue weighted by atomic mass is 32.2. The molecule has 0 aromatic carbocycles. The lowest BCUT2D eigenvalue weighted by Crippen LogP contribution is -2.68. The van der Waals surface area contributed by atoms with Gasteiger partial charge in [0, 0.05) is 26.1 Å². The molecule has 0 radical (unpaired) electrons. The molecule has 2 amide bonds. The third-order valence-electron chi connectivity index (χ3n) is 8.51. The smallest absolute Gasteiger partial charge is 0.368 e. The average molecular weight is 509 g/mol. The van der Waals surface area contributed by atoms with Crippen molar-refractivity contribution in [2.45, 2.75) is 107 Å². The fraction of sp³-hybridized carbons (Fsp3) is 0.913. The monoisotopic (exact) mass is 508 g/mol. The zero-order valence-corrected chi connectivity index (χ0v) is 20.6. The molecule has 0 N–H and O–H groups in total. The van der Waals surface area contributed by atoms with E-state index in [-0.39, 0.29) is 54.6 Å². The molecular formula is C23H35F3N2O5S. The lowest BCUT2D eigenvalue weighted by Gasteiger charge is -2.55. The maximum absolute atomic E-state index is 13.3. The zero-order valence-electron chi connectivity index (χ0n) is 19.8. The highest BCUT2D eigenvalue weighted by Crippen LogP contribution is 2.45. The number of carbonyl (C=O) groups excluding carboxylic acids is 2. The van der Waals surface area contributed by atoms with Gasteiger partial charge in [0.2, 0.25) is 5.91 Å². The Morgan fingerprint density at radius 1 is 0.941 bits per heavy atom. The molecule has 0 spiro atoms. The van der Waals surface area contributed by atoms with E-state index in [1.165, 1.54) is 0 Å². The van der Waals surface area contributed by atoms with Crippen LogP contribution < -0.4 is 0 Å². The number of hydrogen-bond acceptors (Lipinski definition) is 5. The molecule has 2 saturated carbocycles. The highest BCUT2D eigenvalue weighted by Gasteiger charge is 2.52. The van der Waals surface area contributed by atoms with E-state index in [4.69, 9.17) is 4.74 Å². The van der Waals surface area contributed by atoms with Crippen LogP contribution in [0.15, 0.2) is 0 Å². The molecule has 2 heterocycles. The van der Waals surface area contributed by atoms with Crippen LogP contribution in [0.3, 0.4) is 0 Å². The molecule has 0 aromatic rings. The van der Waals surface area contributed by atoms with Gasteiger partial charge in [-0.1, -0.05) is 0 Å². The quantitative estimate of drug-likeness (QED) is 0.584. The number of amides is 2. The second kappa shape index (κ2) is 9.59. The topological polar surface area (TPSA) is 84.0 Å². The van der Waals surface area contributed by atoms with Gasteiger partial charge in [-0.25, -0.2) is 8.42 Å². The van der Waals surface area contributed by atoms with Crippen molar-refractivity contribution in [2.24, 2.45) is 11.8 Å². The van der Waals surface area contributed by atoms with E-state index in [0.717, 1.165) is 19.3 Å². The number of ether oxygens (including phenoxy) is 1. The summed E-state index contributed by atoms with van der Waals surface area (Å²) in [4.78, 5) is 29.6. The summed E-state index contributed by atoms with van der Waals surface area (Å²) < 4.78 is 68.2. The van der Waals surface area contributed by atoms with E-state index in [1.54, 1.807) is 6.92 Å². The van der Waals surface area contributed by atoms with Crippen molar-refractivity contribution in [1.82, 2.24) is 9.80 Å². The normalized spacial score (nSPS) is 37.4. The van der Waals surface area contributed by atoms with Crippen molar-refractivity contribution >= 4 is 21.7 Å². The molecule has 4 unspecified atom stereocenters. The highest BCUT2D eigenvalue weighted by molar-refractivity contribution is 7.92. The number of halogens is 3. The van der Waals surface area contributed by atoms with Crippen LogP contribution in [0.5, 0.6) is 0 Å². The number of carbonyl (C=O) groups is 2. The lowest BCUT2D eigenvalue weighted by molar-refractivity contribution is -0.160. The predicted octanol–water partition coefficient (Wildman–Crippen LogP) is 3.28. The summed E-state index contributed by atoms with van der Waals surface area (Å²) in [6.07, 6.45) is 4.25. The molecule has 4 rings (SSSR count). The Hall–Kier alpha value is -1.36. The van der Waals surface area contributed by atoms with Crippen LogP contribution in [-0.4, -0.2) is 78.2 Å². The van der Waals surface area contributed by atoms with Gasteiger partial charge in [-0.3, -0.25) is 9.59 Å². The maximum Gasteiger partial charge on any atom is 0.497 e. The van der Waals surface area contributed by atoms with Gasteiger partial charge in [-0.15, -0.1) is 0 Å². The molecule has 34 heavy (non-hydrogen) atoms. The van der Waals surface area contributed by atoms with Crippen LogP contribution in [-0.2, 0) is 24.2 Å². The number of rotatable bonds is 3. The number of alkyl halides is 3. The van der Waals surface area contributed by atoms with E-state index in [9.17, 15) is 31.2 Å². The first-order valence-corrected chi connectivity index (χ1v) is 14.0. The van der Waals surface area contributed by atoms with Gasteiger partial charge in [-0.2, -0.15) is 13.2 Å². The zero-order chi connectivity index (χ0) is 24.8. The van der Waals surface area contributed by atoms with Crippen LogP contribution in [0.25, 0.3) is 0 Å². The fourth-order valence-corrected chi connectivity index (χ4v) is 8.17. The van der Waals surface area contributed by atoms with E-state index < -0.39 is 26.7 Å². The number of nitrogens with zero attached hydrogens (tertiary/aromatic N) is 2. The number of hydrogen-bond donors (Lipinski definition) is 0. The van der Waals surface area contributed by atoms with Crippen molar-refractivity contribution < 1.29 is 35.9 Å². The van der Waals surface area contributed by atoms with E-state index >= 15 is 0 Å². The summed E-state index contributed by atoms with van der Waals surface area (Å²) in [5, 5.41) is -1.36. The molecule has 4 fully saturated rings. The van der Waals surface area contributed by atoms with Crippen molar-refractivity contribution in [3.8, 4) is 0 Å². The lowest BCUT2D eigenvalue weighted by atomic mass is 9.69. The molecule has 5 atom stereocenters. The van der Waals surface area contributed by atoms with Crippen LogP contribution in [0, 0.1) is 11.8 Å². The van der Waals surface area contributed by atoms with E-state index in [2.05, 4.69) is 0 Å². The van der Waals surface area contributed by atoms with Crippen LogP contribution in [0.2, 0.25) is 0 Å². The predicted molar refractivity (Wildman–Crippen MR) is 118 cm³/mol. The SMILES string of the molecule is CC(=O)N1C2CCC(C3CCC(S(=O)(=O)C(F)(F)F)CC3)CC2N(C(=O)C2CCCO2)C[C@@H]1C. The number of piperazine rings is 1. The average Bonchev–Trinajstić information content (AvgIpc) is 3.32. The Morgan fingerprint density at radius 3 is 2.15 bits per heavy atom. The third-order valence-corrected chi connectivity index (χ3v) is 10.5. The van der Waals surface area contributed by atoms with Crippen molar-refractivity contribution in [1.29, 1.82) is 0 Å². The summed E-state index contributed by atoms with van der Waals surface area (Å²) in [6.45, 7) is 4.53. The summed E-state index contributed by atoms with van der Waals surface area (Å²) in [7, 11) is -5.14. The van der Waals surface area contributed by atoms with E-state index in [0.29, 0.717) is 38.8 Å². The fourth-order valence-electron chi connectivity index (χ4n) is 6.90. The Kier molecular flexibility index (Phi) is 7.26.